The van der Waals surface area contributed by atoms with E-state index in [1.165, 1.54) is 13.0 Å². The van der Waals surface area contributed by atoms with Crippen LogP contribution in [0.3, 0.4) is 0 Å². The van der Waals surface area contributed by atoms with Gasteiger partial charge in [-0.05, 0) is 18.6 Å². The topological polar surface area (TPSA) is 128 Å². The van der Waals surface area contributed by atoms with Crippen molar-refractivity contribution in [3.8, 4) is 5.75 Å². The number of amides is 1. The van der Waals surface area contributed by atoms with Gasteiger partial charge in [0, 0.05) is 6.07 Å². The molecule has 9 nitrogen and oxygen atoms in total. The second-order valence-electron chi connectivity index (χ2n) is 5.93. The molecule has 0 saturated heterocycles. The molecule has 148 valence electrons. The highest BCUT2D eigenvalue weighted by Gasteiger charge is 2.28. The number of carbonyl (C=O) groups is 2. The second kappa shape index (κ2) is 9.47. The molecule has 0 aliphatic rings. The van der Waals surface area contributed by atoms with Crippen LogP contribution in [-0.4, -0.2) is 41.2 Å². The van der Waals surface area contributed by atoms with Crippen LogP contribution in [0.15, 0.2) is 48.5 Å². The van der Waals surface area contributed by atoms with E-state index in [1.807, 2.05) is 18.2 Å². The summed E-state index contributed by atoms with van der Waals surface area (Å²) in [5, 5.41) is 23.1. The molecule has 2 aromatic rings. The van der Waals surface area contributed by atoms with E-state index >= 15 is 0 Å². The maximum Gasteiger partial charge on any atom is 0.331 e. The van der Waals surface area contributed by atoms with Crippen LogP contribution in [0, 0.1) is 10.1 Å². The van der Waals surface area contributed by atoms with Gasteiger partial charge in [-0.2, -0.15) is 0 Å². The normalized spacial score (nSPS) is 12.5. The largest absolute Gasteiger partial charge is 0.488 e. The Hall–Kier alpha value is -3.46. The van der Waals surface area contributed by atoms with Gasteiger partial charge in [-0.25, -0.2) is 4.79 Å². The molecule has 28 heavy (non-hydrogen) atoms. The number of benzene rings is 2. The van der Waals surface area contributed by atoms with Gasteiger partial charge in [0.05, 0.1) is 29.8 Å². The fourth-order valence-electron chi connectivity index (χ4n) is 2.39. The van der Waals surface area contributed by atoms with Crippen LogP contribution in [0.5, 0.6) is 5.75 Å². The number of rotatable bonds is 8. The number of nitro benzene ring substituents is 1. The summed E-state index contributed by atoms with van der Waals surface area (Å²) in [6, 6.07) is 11.3. The first kappa shape index (κ1) is 20.8. The standard InChI is InChI=1S/C19H20N2O7/c1-12(22)17(19(24)27-2)20-18(23)15-9-8-14(21(25)26)10-16(15)28-11-13-6-4-3-5-7-13/h3-10,12,17,22H,11H2,1-2H3,(H,20,23)/t12-,17+/m1/s1. The predicted octanol–water partition coefficient (Wildman–Crippen LogP) is 1.83. The number of nitro groups is 1. The Morgan fingerprint density at radius 1 is 1.21 bits per heavy atom. The minimum atomic E-state index is -1.30. The van der Waals surface area contributed by atoms with E-state index in [-0.39, 0.29) is 23.6 Å². The number of aliphatic hydroxyl groups excluding tert-OH is 1. The summed E-state index contributed by atoms with van der Waals surface area (Å²) in [7, 11) is 1.13. The molecule has 0 unspecified atom stereocenters. The lowest BCUT2D eigenvalue weighted by Crippen LogP contribution is -2.48. The van der Waals surface area contributed by atoms with Crippen LogP contribution in [0.4, 0.5) is 5.69 Å². The van der Waals surface area contributed by atoms with Crippen molar-refractivity contribution in [2.45, 2.75) is 25.7 Å². The molecule has 2 N–H and O–H groups in total. The number of nitrogens with one attached hydrogen (secondary N) is 1. The summed E-state index contributed by atoms with van der Waals surface area (Å²) in [6.45, 7) is 1.41. The van der Waals surface area contributed by atoms with Gasteiger partial charge < -0.3 is 19.9 Å². The number of hydrogen-bond acceptors (Lipinski definition) is 7. The molecule has 2 aromatic carbocycles. The molecule has 0 bridgehead atoms. The van der Waals surface area contributed by atoms with Crippen LogP contribution < -0.4 is 10.1 Å². The summed E-state index contributed by atoms with van der Waals surface area (Å²) in [4.78, 5) is 34.8. The van der Waals surface area contributed by atoms with Gasteiger partial charge in [-0.1, -0.05) is 30.3 Å². The van der Waals surface area contributed by atoms with Gasteiger partial charge in [0.25, 0.3) is 11.6 Å². The number of hydrogen-bond donors (Lipinski definition) is 2. The molecule has 2 rings (SSSR count). The lowest BCUT2D eigenvalue weighted by Gasteiger charge is -2.19. The fourth-order valence-corrected chi connectivity index (χ4v) is 2.39. The Morgan fingerprint density at radius 3 is 2.46 bits per heavy atom. The molecule has 0 fully saturated rings. The zero-order valence-corrected chi connectivity index (χ0v) is 15.3. The highest BCUT2D eigenvalue weighted by atomic mass is 16.6. The smallest absolute Gasteiger partial charge is 0.331 e. The highest BCUT2D eigenvalue weighted by molar-refractivity contribution is 5.99. The van der Waals surface area contributed by atoms with Crippen molar-refractivity contribution in [2.24, 2.45) is 0 Å². The van der Waals surface area contributed by atoms with E-state index in [2.05, 4.69) is 10.1 Å². The van der Waals surface area contributed by atoms with Crippen LogP contribution >= 0.6 is 0 Å². The summed E-state index contributed by atoms with van der Waals surface area (Å²) in [6.07, 6.45) is -1.21. The van der Waals surface area contributed by atoms with Crippen molar-refractivity contribution in [3.05, 3.63) is 69.8 Å². The molecule has 0 radical (unpaired) electrons. The van der Waals surface area contributed by atoms with E-state index in [1.54, 1.807) is 12.1 Å². The SMILES string of the molecule is COC(=O)[C@@H](NC(=O)c1ccc([N+](=O)[O-])cc1OCc1ccccc1)[C@@H](C)O. The summed E-state index contributed by atoms with van der Waals surface area (Å²) in [5.41, 5.74) is 0.535. The molecule has 1 amide bonds. The van der Waals surface area contributed by atoms with Crippen molar-refractivity contribution >= 4 is 17.6 Å². The first-order valence-corrected chi connectivity index (χ1v) is 8.35. The molecule has 9 heteroatoms. The van der Waals surface area contributed by atoms with E-state index in [9.17, 15) is 24.8 Å². The van der Waals surface area contributed by atoms with Gasteiger partial charge in [0.15, 0.2) is 6.04 Å². The molecule has 2 atom stereocenters. The Bertz CT molecular complexity index is 853. The van der Waals surface area contributed by atoms with Crippen molar-refractivity contribution in [1.82, 2.24) is 5.32 Å². The molecule has 0 aliphatic carbocycles. The van der Waals surface area contributed by atoms with Gasteiger partial charge in [-0.3, -0.25) is 14.9 Å². The fraction of sp³-hybridized carbons (Fsp3) is 0.263. The zero-order chi connectivity index (χ0) is 20.7. The van der Waals surface area contributed by atoms with Gasteiger partial charge in [0.1, 0.15) is 12.4 Å². The maximum atomic E-state index is 12.6. The number of esters is 1. The quantitative estimate of drug-likeness (QED) is 0.401. The van der Waals surface area contributed by atoms with E-state index < -0.39 is 28.9 Å². The number of non-ortho nitro benzene ring substituents is 1. The molecule has 0 aliphatic heterocycles. The minimum Gasteiger partial charge on any atom is -0.488 e. The van der Waals surface area contributed by atoms with Crippen molar-refractivity contribution < 1.29 is 29.1 Å². The van der Waals surface area contributed by atoms with E-state index in [4.69, 9.17) is 4.74 Å². The van der Waals surface area contributed by atoms with Crippen LogP contribution in [0.2, 0.25) is 0 Å². The summed E-state index contributed by atoms with van der Waals surface area (Å²) < 4.78 is 10.2. The Labute approximate surface area is 161 Å². The Balaban J connectivity index is 2.29. The first-order valence-electron chi connectivity index (χ1n) is 8.35. The maximum absolute atomic E-state index is 12.6. The molecule has 0 spiro atoms. The van der Waals surface area contributed by atoms with Gasteiger partial charge in [0.2, 0.25) is 0 Å². The average Bonchev–Trinajstić information content (AvgIpc) is 2.69. The minimum absolute atomic E-state index is 0.0175. The third kappa shape index (κ3) is 5.27. The molecular weight excluding hydrogens is 368 g/mol. The number of nitrogens with zero attached hydrogens (tertiary/aromatic N) is 1. The summed E-state index contributed by atoms with van der Waals surface area (Å²) >= 11 is 0. The average molecular weight is 388 g/mol. The Morgan fingerprint density at radius 2 is 1.89 bits per heavy atom. The monoisotopic (exact) mass is 388 g/mol. The number of ether oxygens (including phenoxy) is 2. The Kier molecular flexibility index (Phi) is 7.05. The van der Waals surface area contributed by atoms with Gasteiger partial charge in [-0.15, -0.1) is 0 Å². The predicted molar refractivity (Wildman–Crippen MR) is 98.8 cm³/mol. The second-order valence-corrected chi connectivity index (χ2v) is 5.93. The van der Waals surface area contributed by atoms with Gasteiger partial charge >= 0.3 is 5.97 Å². The van der Waals surface area contributed by atoms with E-state index in [0.717, 1.165) is 24.8 Å². The lowest BCUT2D eigenvalue weighted by molar-refractivity contribution is -0.384. The third-order valence-corrected chi connectivity index (χ3v) is 3.88. The molecular formula is C19H20N2O7. The van der Waals surface area contributed by atoms with Crippen LogP contribution in [0.25, 0.3) is 0 Å². The third-order valence-electron chi connectivity index (χ3n) is 3.88. The zero-order valence-electron chi connectivity index (χ0n) is 15.3. The number of methoxy groups -OCH3 is 1. The van der Waals surface area contributed by atoms with Crippen molar-refractivity contribution in [3.63, 3.8) is 0 Å². The van der Waals surface area contributed by atoms with E-state index in [0.29, 0.717) is 0 Å². The first-order chi connectivity index (χ1) is 13.3. The number of aliphatic hydroxyl groups is 1. The van der Waals surface area contributed by atoms with Crippen molar-refractivity contribution in [1.29, 1.82) is 0 Å². The molecule has 0 aromatic heterocycles. The van der Waals surface area contributed by atoms with Crippen LogP contribution in [-0.2, 0) is 16.1 Å². The lowest BCUT2D eigenvalue weighted by atomic mass is 10.1. The number of carbonyl (C=O) groups excluding carboxylic acids is 2. The summed E-state index contributed by atoms with van der Waals surface area (Å²) in [5.74, 6) is -1.59. The van der Waals surface area contributed by atoms with Crippen LogP contribution in [0.1, 0.15) is 22.8 Å². The highest BCUT2D eigenvalue weighted by Crippen LogP contribution is 2.26. The molecule has 0 saturated carbocycles. The molecule has 0 heterocycles. The van der Waals surface area contributed by atoms with Crippen molar-refractivity contribution in [2.75, 3.05) is 7.11 Å².